The monoisotopic (exact) mass is 189 g/mol. The van der Waals surface area contributed by atoms with Crippen LogP contribution in [-0.2, 0) is 0 Å². The largest absolute Gasteiger partial charge is 0.426 e. The summed E-state index contributed by atoms with van der Waals surface area (Å²) in [5.74, 6) is 1.24. The minimum absolute atomic E-state index is 0.410. The standard InChI is InChI=1S/C10H11N3O/c1-7-3-2-4-8(5-7)14-10-12-6-9(11)13-10/h2-6H,11H2,1H3,(H,12,13). The van der Waals surface area contributed by atoms with Gasteiger partial charge in [-0.05, 0) is 24.6 Å². The van der Waals surface area contributed by atoms with Crippen LogP contribution in [0, 0.1) is 6.92 Å². The number of H-pyrrole nitrogens is 1. The van der Waals surface area contributed by atoms with Gasteiger partial charge in [0.1, 0.15) is 11.6 Å². The van der Waals surface area contributed by atoms with Crippen molar-refractivity contribution in [1.82, 2.24) is 9.97 Å². The predicted octanol–water partition coefficient (Wildman–Crippen LogP) is 2.09. The number of ether oxygens (including phenoxy) is 1. The smallest absolute Gasteiger partial charge is 0.300 e. The highest BCUT2D eigenvalue weighted by molar-refractivity contribution is 5.32. The summed E-state index contributed by atoms with van der Waals surface area (Å²) >= 11 is 0. The summed E-state index contributed by atoms with van der Waals surface area (Å²) in [5.41, 5.74) is 6.60. The number of nitrogen functional groups attached to an aromatic ring is 1. The highest BCUT2D eigenvalue weighted by atomic mass is 16.5. The first-order chi connectivity index (χ1) is 6.74. The van der Waals surface area contributed by atoms with Gasteiger partial charge in [-0.25, -0.2) is 4.98 Å². The van der Waals surface area contributed by atoms with Crippen molar-refractivity contribution in [2.24, 2.45) is 0 Å². The Balaban J connectivity index is 2.18. The maximum Gasteiger partial charge on any atom is 0.300 e. The summed E-state index contributed by atoms with van der Waals surface area (Å²) in [5, 5.41) is 0. The SMILES string of the molecule is Cc1cccc(Oc2ncc(N)[nH]2)c1. The molecule has 0 saturated heterocycles. The van der Waals surface area contributed by atoms with E-state index in [2.05, 4.69) is 9.97 Å². The van der Waals surface area contributed by atoms with Crippen molar-refractivity contribution in [3.05, 3.63) is 36.0 Å². The summed E-state index contributed by atoms with van der Waals surface area (Å²) in [4.78, 5) is 6.73. The first-order valence-electron chi connectivity index (χ1n) is 4.29. The fourth-order valence-electron chi connectivity index (χ4n) is 1.16. The predicted molar refractivity (Wildman–Crippen MR) is 54.3 cm³/mol. The average molecular weight is 189 g/mol. The summed E-state index contributed by atoms with van der Waals surface area (Å²) in [6.07, 6.45) is 1.52. The Kier molecular flexibility index (Phi) is 2.10. The number of anilines is 1. The van der Waals surface area contributed by atoms with Crippen molar-refractivity contribution in [3.63, 3.8) is 0 Å². The molecule has 0 saturated carbocycles. The van der Waals surface area contributed by atoms with E-state index in [1.165, 1.54) is 6.20 Å². The van der Waals surface area contributed by atoms with Gasteiger partial charge in [0, 0.05) is 0 Å². The molecular formula is C10H11N3O. The first-order valence-corrected chi connectivity index (χ1v) is 4.29. The number of rotatable bonds is 2. The van der Waals surface area contributed by atoms with Crippen LogP contribution in [-0.4, -0.2) is 9.97 Å². The van der Waals surface area contributed by atoms with E-state index in [9.17, 15) is 0 Å². The van der Waals surface area contributed by atoms with E-state index in [0.717, 1.165) is 11.3 Å². The van der Waals surface area contributed by atoms with Crippen LogP contribution in [0.1, 0.15) is 5.56 Å². The molecule has 0 unspecified atom stereocenters. The molecule has 4 heteroatoms. The quantitative estimate of drug-likeness (QED) is 0.760. The molecule has 1 aromatic carbocycles. The second kappa shape index (κ2) is 3.41. The minimum atomic E-state index is 0.410. The lowest BCUT2D eigenvalue weighted by Gasteiger charge is -2.01. The number of aryl methyl sites for hydroxylation is 1. The lowest BCUT2D eigenvalue weighted by molar-refractivity contribution is 0.447. The molecule has 0 fully saturated rings. The number of imidazole rings is 1. The van der Waals surface area contributed by atoms with Crippen molar-refractivity contribution in [2.45, 2.75) is 6.92 Å². The Morgan fingerprint density at radius 3 is 2.93 bits per heavy atom. The van der Waals surface area contributed by atoms with Gasteiger partial charge in [0.2, 0.25) is 0 Å². The lowest BCUT2D eigenvalue weighted by atomic mass is 10.2. The molecule has 1 aromatic heterocycles. The fraction of sp³-hybridized carbons (Fsp3) is 0.100. The van der Waals surface area contributed by atoms with Crippen molar-refractivity contribution in [1.29, 1.82) is 0 Å². The molecule has 1 heterocycles. The van der Waals surface area contributed by atoms with Gasteiger partial charge in [-0.1, -0.05) is 12.1 Å². The minimum Gasteiger partial charge on any atom is -0.426 e. The first kappa shape index (κ1) is 8.62. The van der Waals surface area contributed by atoms with Crippen molar-refractivity contribution < 1.29 is 4.74 Å². The molecule has 0 radical (unpaired) electrons. The van der Waals surface area contributed by atoms with E-state index in [-0.39, 0.29) is 0 Å². The van der Waals surface area contributed by atoms with Gasteiger partial charge >= 0.3 is 6.01 Å². The number of hydrogen-bond acceptors (Lipinski definition) is 3. The molecule has 2 rings (SSSR count). The molecule has 0 aliphatic carbocycles. The Morgan fingerprint density at radius 2 is 2.29 bits per heavy atom. The van der Waals surface area contributed by atoms with Gasteiger partial charge < -0.3 is 10.5 Å². The molecular weight excluding hydrogens is 178 g/mol. The fourth-order valence-corrected chi connectivity index (χ4v) is 1.16. The molecule has 0 bridgehead atoms. The molecule has 4 nitrogen and oxygen atoms in total. The number of nitrogens with zero attached hydrogens (tertiary/aromatic N) is 1. The van der Waals surface area contributed by atoms with Gasteiger partial charge in [-0.15, -0.1) is 0 Å². The molecule has 0 amide bonds. The lowest BCUT2D eigenvalue weighted by Crippen LogP contribution is -1.87. The van der Waals surface area contributed by atoms with Crippen LogP contribution in [0.15, 0.2) is 30.5 Å². The highest BCUT2D eigenvalue weighted by Crippen LogP contribution is 2.19. The van der Waals surface area contributed by atoms with Gasteiger partial charge in [0.05, 0.1) is 6.20 Å². The van der Waals surface area contributed by atoms with Crippen molar-refractivity contribution in [3.8, 4) is 11.8 Å². The summed E-state index contributed by atoms with van der Waals surface area (Å²) in [7, 11) is 0. The molecule has 0 aliphatic rings. The maximum atomic E-state index is 5.46. The van der Waals surface area contributed by atoms with E-state index >= 15 is 0 Å². The zero-order valence-electron chi connectivity index (χ0n) is 7.82. The van der Waals surface area contributed by atoms with Gasteiger partial charge in [0.25, 0.3) is 0 Å². The molecule has 72 valence electrons. The third-order valence-electron chi connectivity index (χ3n) is 1.78. The number of nitrogens with two attached hydrogens (primary N) is 1. The summed E-state index contributed by atoms with van der Waals surface area (Å²) in [6, 6.07) is 8.14. The van der Waals surface area contributed by atoms with E-state index < -0.39 is 0 Å². The Hall–Kier alpha value is -1.97. The molecule has 14 heavy (non-hydrogen) atoms. The summed E-state index contributed by atoms with van der Waals surface area (Å²) < 4.78 is 5.43. The maximum absolute atomic E-state index is 5.46. The third kappa shape index (κ3) is 1.85. The van der Waals surface area contributed by atoms with Crippen LogP contribution in [0.4, 0.5) is 5.82 Å². The van der Waals surface area contributed by atoms with Crippen molar-refractivity contribution >= 4 is 5.82 Å². The van der Waals surface area contributed by atoms with E-state index in [1.807, 2.05) is 31.2 Å². The number of aromatic amines is 1. The highest BCUT2D eigenvalue weighted by Gasteiger charge is 2.00. The Bertz CT molecular complexity index is 436. The molecule has 0 atom stereocenters. The topological polar surface area (TPSA) is 63.9 Å². The van der Waals surface area contributed by atoms with Crippen LogP contribution >= 0.6 is 0 Å². The van der Waals surface area contributed by atoms with Crippen LogP contribution in [0.25, 0.3) is 0 Å². The number of benzene rings is 1. The zero-order chi connectivity index (χ0) is 9.97. The van der Waals surface area contributed by atoms with Crippen LogP contribution in [0.2, 0.25) is 0 Å². The Labute approximate surface area is 81.7 Å². The third-order valence-corrected chi connectivity index (χ3v) is 1.78. The second-order valence-corrected chi connectivity index (χ2v) is 3.06. The van der Waals surface area contributed by atoms with E-state index in [4.69, 9.17) is 10.5 Å². The number of aromatic nitrogens is 2. The van der Waals surface area contributed by atoms with E-state index in [1.54, 1.807) is 0 Å². The molecule has 0 aliphatic heterocycles. The summed E-state index contributed by atoms with van der Waals surface area (Å²) in [6.45, 7) is 2.00. The number of nitrogens with one attached hydrogen (secondary N) is 1. The van der Waals surface area contributed by atoms with Gasteiger partial charge in [0.15, 0.2) is 0 Å². The normalized spacial score (nSPS) is 10.1. The van der Waals surface area contributed by atoms with Gasteiger partial charge in [-0.2, -0.15) is 0 Å². The molecule has 0 spiro atoms. The van der Waals surface area contributed by atoms with Crippen LogP contribution < -0.4 is 10.5 Å². The average Bonchev–Trinajstić information content (AvgIpc) is 2.51. The second-order valence-electron chi connectivity index (χ2n) is 3.06. The van der Waals surface area contributed by atoms with Crippen LogP contribution in [0.5, 0.6) is 11.8 Å². The Morgan fingerprint density at radius 1 is 1.43 bits per heavy atom. The zero-order valence-corrected chi connectivity index (χ0v) is 7.82. The molecule has 2 aromatic rings. The van der Waals surface area contributed by atoms with Gasteiger partial charge in [-0.3, -0.25) is 4.98 Å². The van der Waals surface area contributed by atoms with E-state index in [0.29, 0.717) is 11.8 Å². The number of hydrogen-bond donors (Lipinski definition) is 2. The molecule has 3 N–H and O–H groups in total. The van der Waals surface area contributed by atoms with Crippen LogP contribution in [0.3, 0.4) is 0 Å². The van der Waals surface area contributed by atoms with Crippen molar-refractivity contribution in [2.75, 3.05) is 5.73 Å².